The lowest BCUT2D eigenvalue weighted by molar-refractivity contribution is 1.22. The molecule has 2 heterocycles. The first kappa shape index (κ1) is 10.3. The zero-order valence-electron chi connectivity index (χ0n) is 14.1. The van der Waals surface area contributed by atoms with Crippen molar-refractivity contribution in [1.82, 2.24) is 9.97 Å². The number of hydrogen-bond donors (Lipinski definition) is 2. The van der Waals surface area contributed by atoms with Crippen LogP contribution < -0.4 is 0 Å². The number of aromatic nitrogens is 2. The summed E-state index contributed by atoms with van der Waals surface area (Å²) in [4.78, 5) is 6.39. The number of rotatable bonds is 2. The molecule has 2 N–H and O–H groups in total. The molecule has 2 aromatic heterocycles. The smallest absolute Gasteiger partial charge is 0.0457 e. The Morgan fingerprint density at radius 3 is 1.76 bits per heavy atom. The Labute approximate surface area is 126 Å². The third-order valence-corrected chi connectivity index (χ3v) is 3.94. The van der Waals surface area contributed by atoms with Crippen LogP contribution in [-0.4, -0.2) is 9.97 Å². The SMILES string of the molecule is [2H]C([2H])(c1c[nH]c2ccc(C)cc12)c1c[nH]c2ccc(C)cc12. The predicted molar refractivity (Wildman–Crippen MR) is 88.9 cm³/mol. The van der Waals surface area contributed by atoms with Gasteiger partial charge in [0.1, 0.15) is 0 Å². The van der Waals surface area contributed by atoms with Crippen molar-refractivity contribution in [3.8, 4) is 0 Å². The van der Waals surface area contributed by atoms with Crippen LogP contribution in [0, 0.1) is 13.8 Å². The fourth-order valence-electron chi connectivity index (χ4n) is 2.82. The Morgan fingerprint density at radius 1 is 0.810 bits per heavy atom. The van der Waals surface area contributed by atoms with E-state index in [9.17, 15) is 0 Å². The van der Waals surface area contributed by atoms with Crippen LogP contribution >= 0.6 is 0 Å². The van der Waals surface area contributed by atoms with Gasteiger partial charge in [0, 0.05) is 43.3 Å². The molecule has 0 saturated heterocycles. The fraction of sp³-hybridized carbons (Fsp3) is 0.158. The predicted octanol–water partition coefficient (Wildman–Crippen LogP) is 4.86. The highest BCUT2D eigenvalue weighted by Gasteiger charge is 2.09. The Kier molecular flexibility index (Phi) is 2.21. The van der Waals surface area contributed by atoms with Gasteiger partial charge in [-0.15, -0.1) is 0 Å². The topological polar surface area (TPSA) is 31.6 Å². The van der Waals surface area contributed by atoms with E-state index in [1.807, 2.05) is 50.2 Å². The van der Waals surface area contributed by atoms with E-state index in [-0.39, 0.29) is 0 Å². The number of benzene rings is 2. The Hall–Kier alpha value is -2.48. The third kappa shape index (κ3) is 2.04. The summed E-state index contributed by atoms with van der Waals surface area (Å²) in [6, 6.07) is 12.2. The van der Waals surface area contributed by atoms with Crippen LogP contribution in [0.25, 0.3) is 21.8 Å². The van der Waals surface area contributed by atoms with Gasteiger partial charge in [0.25, 0.3) is 0 Å². The summed E-state index contributed by atoms with van der Waals surface area (Å²) in [5.41, 5.74) is 5.54. The summed E-state index contributed by atoms with van der Waals surface area (Å²) < 4.78 is 17.5. The van der Waals surface area contributed by atoms with Crippen molar-refractivity contribution in [3.63, 3.8) is 0 Å². The van der Waals surface area contributed by atoms with Gasteiger partial charge in [0.15, 0.2) is 0 Å². The second-order valence-electron chi connectivity index (χ2n) is 5.63. The van der Waals surface area contributed by atoms with Gasteiger partial charge in [-0.2, -0.15) is 0 Å². The van der Waals surface area contributed by atoms with E-state index in [2.05, 4.69) is 9.97 Å². The summed E-state index contributed by atoms with van der Waals surface area (Å²) in [5.74, 6) is 0. The van der Waals surface area contributed by atoms with E-state index in [0.29, 0.717) is 11.1 Å². The molecule has 2 nitrogen and oxygen atoms in total. The van der Waals surface area contributed by atoms with Gasteiger partial charge in [-0.1, -0.05) is 23.3 Å². The molecule has 4 aromatic rings. The second kappa shape index (κ2) is 4.52. The van der Waals surface area contributed by atoms with Crippen molar-refractivity contribution in [1.29, 1.82) is 0 Å². The largest absolute Gasteiger partial charge is 0.361 e. The summed E-state index contributed by atoms with van der Waals surface area (Å²) in [7, 11) is 0. The quantitative estimate of drug-likeness (QED) is 0.524. The highest BCUT2D eigenvalue weighted by Crippen LogP contribution is 2.26. The first-order valence-electron chi connectivity index (χ1n) is 8.13. The molecular weight excluding hydrogens is 256 g/mol. The van der Waals surface area contributed by atoms with E-state index in [4.69, 9.17) is 2.74 Å². The van der Waals surface area contributed by atoms with Crippen LogP contribution in [0.3, 0.4) is 0 Å². The molecular formula is C19H18N2. The molecule has 0 amide bonds. The van der Waals surface area contributed by atoms with Crippen LogP contribution in [0.15, 0.2) is 48.8 Å². The number of nitrogens with one attached hydrogen (secondary N) is 2. The minimum Gasteiger partial charge on any atom is -0.361 e. The molecule has 0 aliphatic rings. The van der Waals surface area contributed by atoms with Crippen LogP contribution in [-0.2, 0) is 6.37 Å². The van der Waals surface area contributed by atoms with Gasteiger partial charge in [-0.3, -0.25) is 0 Å². The van der Waals surface area contributed by atoms with Crippen molar-refractivity contribution >= 4 is 21.8 Å². The first-order valence-corrected chi connectivity index (χ1v) is 7.13. The molecule has 0 spiro atoms. The molecule has 0 saturated carbocycles. The van der Waals surface area contributed by atoms with E-state index in [1.165, 1.54) is 0 Å². The number of hydrogen-bond acceptors (Lipinski definition) is 0. The van der Waals surface area contributed by atoms with Crippen molar-refractivity contribution in [2.24, 2.45) is 0 Å². The maximum atomic E-state index is 8.77. The fourth-order valence-corrected chi connectivity index (χ4v) is 2.82. The summed E-state index contributed by atoms with van der Waals surface area (Å²) in [6.45, 7) is 4.06. The highest BCUT2D eigenvalue weighted by molar-refractivity contribution is 5.87. The number of fused-ring (bicyclic) bond motifs is 2. The van der Waals surface area contributed by atoms with Gasteiger partial charge in [-0.25, -0.2) is 0 Å². The highest BCUT2D eigenvalue weighted by atomic mass is 14.7. The van der Waals surface area contributed by atoms with Crippen LogP contribution in [0.4, 0.5) is 0 Å². The van der Waals surface area contributed by atoms with Crippen molar-refractivity contribution in [2.45, 2.75) is 20.2 Å². The summed E-state index contributed by atoms with van der Waals surface area (Å²) in [6.07, 6.45) is 2.01. The molecule has 0 radical (unpaired) electrons. The second-order valence-corrected chi connectivity index (χ2v) is 5.63. The number of aryl methyl sites for hydroxylation is 2. The molecule has 0 unspecified atom stereocenters. The zero-order valence-corrected chi connectivity index (χ0v) is 12.1. The lowest BCUT2D eigenvalue weighted by atomic mass is 10.0. The lowest BCUT2D eigenvalue weighted by Gasteiger charge is -2.01. The van der Waals surface area contributed by atoms with E-state index in [1.54, 1.807) is 12.4 Å². The van der Waals surface area contributed by atoms with Gasteiger partial charge >= 0.3 is 0 Å². The minimum absolute atomic E-state index is 0.679. The normalized spacial score (nSPS) is 13.6. The minimum atomic E-state index is -1.57. The molecule has 0 fully saturated rings. The van der Waals surface area contributed by atoms with Gasteiger partial charge in [0.2, 0.25) is 0 Å². The average molecular weight is 276 g/mol. The van der Waals surface area contributed by atoms with Gasteiger partial charge < -0.3 is 9.97 Å². The van der Waals surface area contributed by atoms with Gasteiger partial charge in [-0.05, 0) is 49.2 Å². The first-order chi connectivity index (χ1) is 11.0. The molecule has 2 heteroatoms. The molecule has 0 aliphatic heterocycles. The standard InChI is InChI=1S/C19H18N2/c1-12-3-5-18-16(7-12)14(10-20-18)9-15-11-21-19-6-4-13(2)8-17(15)19/h3-8,10-11,20-21H,9H2,1-2H3/i9D2. The Balaban J connectivity index is 1.97. The van der Waals surface area contributed by atoms with Crippen LogP contribution in [0.5, 0.6) is 0 Å². The zero-order chi connectivity index (χ0) is 16.2. The Morgan fingerprint density at radius 2 is 1.29 bits per heavy atom. The van der Waals surface area contributed by atoms with Crippen LogP contribution in [0.1, 0.15) is 25.0 Å². The molecule has 0 aliphatic carbocycles. The van der Waals surface area contributed by atoms with E-state index >= 15 is 0 Å². The monoisotopic (exact) mass is 276 g/mol. The summed E-state index contributed by atoms with van der Waals surface area (Å²) in [5, 5.41) is 1.88. The van der Waals surface area contributed by atoms with Crippen molar-refractivity contribution in [2.75, 3.05) is 0 Å². The Bertz CT molecular complexity index is 942. The molecule has 0 atom stereocenters. The van der Waals surface area contributed by atoms with Crippen LogP contribution in [0.2, 0.25) is 0 Å². The summed E-state index contributed by atoms with van der Waals surface area (Å²) >= 11 is 0. The number of aromatic amines is 2. The molecule has 2 aromatic carbocycles. The van der Waals surface area contributed by atoms with Gasteiger partial charge in [0.05, 0.1) is 0 Å². The third-order valence-electron chi connectivity index (χ3n) is 3.94. The molecule has 104 valence electrons. The van der Waals surface area contributed by atoms with Crippen molar-refractivity contribution < 1.29 is 2.74 Å². The van der Waals surface area contributed by atoms with E-state index < -0.39 is 6.37 Å². The maximum absolute atomic E-state index is 8.77. The molecule has 4 rings (SSSR count). The molecule has 21 heavy (non-hydrogen) atoms. The average Bonchev–Trinajstić information content (AvgIpc) is 3.10. The van der Waals surface area contributed by atoms with Crippen molar-refractivity contribution in [3.05, 3.63) is 71.0 Å². The lowest BCUT2D eigenvalue weighted by Crippen LogP contribution is -1.85. The maximum Gasteiger partial charge on any atom is 0.0457 e. The van der Waals surface area contributed by atoms with E-state index in [0.717, 1.165) is 32.9 Å². The molecule has 0 bridgehead atoms. The number of H-pyrrole nitrogens is 2.